The molecule has 0 aromatic rings. The Hall–Kier alpha value is 0.720. The van der Waals surface area contributed by atoms with E-state index in [2.05, 4.69) is 0 Å². The largest absolute Gasteiger partial charge is 2.00 e. The smallest absolute Gasteiger partial charge is 0.772 e. The first-order chi connectivity index (χ1) is 4.88. The number of hydrogen-bond acceptors (Lipinski definition) is 8. The normalized spacial score (nSPS) is 5.31. The molecule has 13 heavy (non-hydrogen) atoms. The molecule has 0 saturated heterocycles. The summed E-state index contributed by atoms with van der Waals surface area (Å²) < 4.78 is 8.35. The molecule has 66 valence electrons. The van der Waals surface area contributed by atoms with Crippen molar-refractivity contribution in [3.63, 3.8) is 0 Å². The first-order valence-electron chi connectivity index (χ1n) is 1.46. The zero-order valence-corrected chi connectivity index (χ0v) is 11.4. The molecule has 0 aliphatic rings. The van der Waals surface area contributed by atoms with Gasteiger partial charge in [0.25, 0.3) is 0 Å². The van der Waals surface area contributed by atoms with E-state index in [-0.39, 0.29) is 67.3 Å². The third kappa shape index (κ3) is 2820. The molecule has 0 heterocycles. The molecule has 0 rings (SSSR count). The minimum Gasteiger partial charge on any atom is -0.772 e. The van der Waals surface area contributed by atoms with Gasteiger partial charge in [0.2, 0.25) is 0 Å². The van der Waals surface area contributed by atoms with E-state index in [1.807, 2.05) is 0 Å². The minimum absolute atomic E-state index is 0. The summed E-state index contributed by atoms with van der Waals surface area (Å²) in [5.74, 6) is 0. The zero-order chi connectivity index (χ0) is 9.86. The molecule has 0 unspecified atom stereocenters. The van der Waals surface area contributed by atoms with E-state index >= 15 is 0 Å². The van der Waals surface area contributed by atoms with Gasteiger partial charge in [0.05, 0.1) is 18.9 Å². The maximum absolute atomic E-state index is 8.35. The van der Waals surface area contributed by atoms with Crippen molar-refractivity contribution in [2.45, 2.75) is 0 Å². The van der Waals surface area contributed by atoms with Crippen molar-refractivity contribution in [1.82, 2.24) is 0 Å². The maximum atomic E-state index is 8.35. The van der Waals surface area contributed by atoms with Crippen LogP contribution < -0.4 is 34.5 Å². The van der Waals surface area contributed by atoms with Crippen LogP contribution in [0.3, 0.4) is 0 Å². The van der Waals surface area contributed by atoms with Crippen LogP contribution in [0.1, 0.15) is 0 Å². The molecule has 0 bridgehead atoms. The Bertz CT molecular complexity index is 109. The molecule has 0 spiro atoms. The molecule has 0 amide bonds. The molecular weight excluding hydrogens is 250 g/mol. The number of hydrogen-bond donors (Lipinski definition) is 0. The minimum atomic E-state index is -1.75. The summed E-state index contributed by atoms with van der Waals surface area (Å²) >= 11 is 0. The van der Waals surface area contributed by atoms with E-state index < -0.39 is 18.9 Å². The molecule has 0 fully saturated rings. The standard InChI is InChI=1S/Ca.2NO3.Na.HO2P/c;2*2-1(3)4;;1-3-2/h;;;;(H,1,2)/q+2;2*-1;+1;/p-1. The van der Waals surface area contributed by atoms with Crippen molar-refractivity contribution in [2.75, 3.05) is 0 Å². The quantitative estimate of drug-likeness (QED) is 0.179. The zero-order valence-electron chi connectivity index (χ0n) is 6.31. The summed E-state index contributed by atoms with van der Waals surface area (Å²) in [4.78, 5) is 24.8. The fourth-order valence-corrected chi connectivity index (χ4v) is 0. The van der Waals surface area contributed by atoms with E-state index in [1.165, 1.54) is 0 Å². The van der Waals surface area contributed by atoms with Crippen LogP contribution in [-0.2, 0) is 4.57 Å². The molecule has 0 radical (unpaired) electrons. The second-order valence-electron chi connectivity index (χ2n) is 0.522. The Kier molecular flexibility index (Phi) is 65.8. The van der Waals surface area contributed by atoms with Gasteiger partial charge in [-0.3, -0.25) is 4.57 Å². The molecular formula is CaN2NaO8P. The van der Waals surface area contributed by atoms with Crippen molar-refractivity contribution in [1.29, 1.82) is 0 Å². The summed E-state index contributed by atoms with van der Waals surface area (Å²) in [5, 5.41) is 29.5. The Morgan fingerprint density at radius 2 is 0.923 bits per heavy atom. The summed E-state index contributed by atoms with van der Waals surface area (Å²) in [7, 11) is -1.08. The van der Waals surface area contributed by atoms with Gasteiger partial charge in [-0.25, -0.2) is 0 Å². The first kappa shape index (κ1) is 29.2. The molecule has 0 aliphatic carbocycles. The van der Waals surface area contributed by atoms with Gasteiger partial charge in [0.15, 0.2) is 0 Å². The summed E-state index contributed by atoms with van der Waals surface area (Å²) in [5.41, 5.74) is 0. The average Bonchev–Trinajstić information content (AvgIpc) is 1.60. The first-order valence-corrected chi connectivity index (χ1v) is 2.19. The molecule has 0 aromatic carbocycles. The van der Waals surface area contributed by atoms with Gasteiger partial charge < -0.3 is 35.5 Å². The fraction of sp³-hybridized carbons (Fsp3) is 0. The number of nitrogens with zero attached hydrogens (tertiary/aromatic N) is 2. The number of rotatable bonds is 0. The van der Waals surface area contributed by atoms with E-state index in [1.54, 1.807) is 0 Å². The monoisotopic (exact) mass is 250 g/mol. The Morgan fingerprint density at radius 3 is 0.923 bits per heavy atom. The summed E-state index contributed by atoms with van der Waals surface area (Å²) in [6, 6.07) is 0. The molecule has 0 N–H and O–H groups in total. The maximum Gasteiger partial charge on any atom is 2.00 e. The molecule has 0 aliphatic heterocycles. The van der Waals surface area contributed by atoms with Gasteiger partial charge in [0.1, 0.15) is 0 Å². The van der Waals surface area contributed by atoms with Crippen LogP contribution in [0.2, 0.25) is 0 Å². The Labute approximate surface area is 125 Å². The third-order valence-electron chi connectivity index (χ3n) is 0. The van der Waals surface area contributed by atoms with E-state index in [4.69, 9.17) is 40.1 Å². The van der Waals surface area contributed by atoms with Crippen molar-refractivity contribution in [3.8, 4) is 0 Å². The molecule has 10 nitrogen and oxygen atoms in total. The average molecular weight is 250 g/mol. The van der Waals surface area contributed by atoms with Crippen molar-refractivity contribution in [3.05, 3.63) is 30.6 Å². The van der Waals surface area contributed by atoms with Crippen LogP contribution in [-0.4, -0.2) is 47.9 Å². The molecule has 0 aromatic heterocycles. The van der Waals surface area contributed by atoms with E-state index in [0.717, 1.165) is 0 Å². The van der Waals surface area contributed by atoms with Crippen LogP contribution in [0, 0.1) is 30.6 Å². The van der Waals surface area contributed by atoms with Crippen LogP contribution in [0.25, 0.3) is 0 Å². The Balaban J connectivity index is -0.0000000231. The van der Waals surface area contributed by atoms with E-state index in [9.17, 15) is 0 Å². The predicted molar refractivity (Wildman–Crippen MR) is 34.1 cm³/mol. The van der Waals surface area contributed by atoms with Gasteiger partial charge in [-0.2, -0.15) is 0 Å². The van der Waals surface area contributed by atoms with Crippen molar-refractivity contribution < 1.29 is 49.2 Å². The SMILES string of the molecule is O=P[O-].O=[N+]([O-])[O-].O=[N+]([O-])[O-].[Ca+2].[Na+]. The molecule has 0 saturated carbocycles. The van der Waals surface area contributed by atoms with Gasteiger partial charge in [0, 0.05) is 0 Å². The van der Waals surface area contributed by atoms with Crippen LogP contribution in [0.4, 0.5) is 0 Å². The third-order valence-corrected chi connectivity index (χ3v) is 0. The van der Waals surface area contributed by atoms with Gasteiger partial charge in [-0.05, 0) is 0 Å². The van der Waals surface area contributed by atoms with Crippen molar-refractivity contribution >= 4 is 46.4 Å². The fourth-order valence-electron chi connectivity index (χ4n) is 0. The van der Waals surface area contributed by atoms with Crippen LogP contribution in [0.5, 0.6) is 0 Å². The molecule has 0 atom stereocenters. The summed E-state index contributed by atoms with van der Waals surface area (Å²) in [6.07, 6.45) is 0. The van der Waals surface area contributed by atoms with Crippen LogP contribution in [0.15, 0.2) is 0 Å². The second kappa shape index (κ2) is 29.3. The predicted octanol–water partition coefficient (Wildman–Crippen LogP) is -4.30. The Morgan fingerprint density at radius 1 is 0.923 bits per heavy atom. The topological polar surface area (TPSA) is 173 Å². The molecule has 13 heteroatoms. The second-order valence-corrected chi connectivity index (χ2v) is 0.671. The van der Waals surface area contributed by atoms with Gasteiger partial charge in [-0.15, -0.1) is 0 Å². The van der Waals surface area contributed by atoms with Crippen molar-refractivity contribution in [2.24, 2.45) is 0 Å². The van der Waals surface area contributed by atoms with Gasteiger partial charge in [-0.1, -0.05) is 0 Å². The van der Waals surface area contributed by atoms with Crippen LogP contribution >= 0.6 is 8.69 Å². The van der Waals surface area contributed by atoms with E-state index in [0.29, 0.717) is 0 Å². The summed E-state index contributed by atoms with van der Waals surface area (Å²) in [6.45, 7) is 0. The van der Waals surface area contributed by atoms with Gasteiger partial charge >= 0.3 is 67.3 Å².